The van der Waals surface area contributed by atoms with E-state index in [0.29, 0.717) is 5.56 Å². The summed E-state index contributed by atoms with van der Waals surface area (Å²) in [5, 5.41) is 11.7. The number of carbonyl (C=O) groups is 1. The lowest BCUT2D eigenvalue weighted by Crippen LogP contribution is -2.35. The van der Waals surface area contributed by atoms with E-state index in [2.05, 4.69) is 29.3 Å². The van der Waals surface area contributed by atoms with Gasteiger partial charge in [0.15, 0.2) is 0 Å². The predicted molar refractivity (Wildman–Crippen MR) is 93.6 cm³/mol. The van der Waals surface area contributed by atoms with E-state index in [0.717, 1.165) is 18.8 Å². The Morgan fingerprint density at radius 2 is 1.78 bits per heavy atom. The molecular formula is C19H24N2O2. The second-order valence-electron chi connectivity index (χ2n) is 5.60. The SMILES string of the molecule is CCN(Cc1ccccc1)c1ccc(C(=O)NC(C)CO)cc1. The quantitative estimate of drug-likeness (QED) is 0.826. The molecule has 1 unspecified atom stereocenters. The third-order valence-electron chi connectivity index (χ3n) is 3.74. The van der Waals surface area contributed by atoms with Crippen LogP contribution in [0.1, 0.15) is 29.8 Å². The van der Waals surface area contributed by atoms with E-state index in [1.165, 1.54) is 5.56 Å². The number of aliphatic hydroxyl groups excluding tert-OH is 1. The van der Waals surface area contributed by atoms with E-state index in [1.807, 2.05) is 42.5 Å². The zero-order chi connectivity index (χ0) is 16.7. The fourth-order valence-corrected chi connectivity index (χ4v) is 2.37. The van der Waals surface area contributed by atoms with E-state index >= 15 is 0 Å². The zero-order valence-electron chi connectivity index (χ0n) is 13.7. The molecule has 0 aromatic heterocycles. The van der Waals surface area contributed by atoms with Gasteiger partial charge in [-0.2, -0.15) is 0 Å². The van der Waals surface area contributed by atoms with Crippen molar-refractivity contribution >= 4 is 11.6 Å². The average Bonchev–Trinajstić information content (AvgIpc) is 2.60. The largest absolute Gasteiger partial charge is 0.394 e. The molecule has 0 heterocycles. The number of anilines is 1. The second kappa shape index (κ2) is 8.34. The second-order valence-corrected chi connectivity index (χ2v) is 5.60. The number of benzene rings is 2. The highest BCUT2D eigenvalue weighted by Gasteiger charge is 2.10. The molecule has 0 spiro atoms. The van der Waals surface area contributed by atoms with Crippen LogP contribution in [0.4, 0.5) is 5.69 Å². The van der Waals surface area contributed by atoms with Crippen molar-refractivity contribution in [3.8, 4) is 0 Å². The van der Waals surface area contributed by atoms with Crippen LogP contribution < -0.4 is 10.2 Å². The van der Waals surface area contributed by atoms with Gasteiger partial charge in [-0.3, -0.25) is 4.79 Å². The van der Waals surface area contributed by atoms with E-state index in [1.54, 1.807) is 6.92 Å². The summed E-state index contributed by atoms with van der Waals surface area (Å²) >= 11 is 0. The molecular weight excluding hydrogens is 288 g/mol. The summed E-state index contributed by atoms with van der Waals surface area (Å²) in [6, 6.07) is 17.6. The Kier molecular flexibility index (Phi) is 6.18. The van der Waals surface area contributed by atoms with Crippen LogP contribution in [0, 0.1) is 0 Å². The van der Waals surface area contributed by atoms with Gasteiger partial charge in [0.25, 0.3) is 5.91 Å². The molecule has 122 valence electrons. The number of amides is 1. The summed E-state index contributed by atoms with van der Waals surface area (Å²) < 4.78 is 0. The van der Waals surface area contributed by atoms with Crippen molar-refractivity contribution in [2.45, 2.75) is 26.4 Å². The molecule has 2 N–H and O–H groups in total. The van der Waals surface area contributed by atoms with E-state index < -0.39 is 0 Å². The van der Waals surface area contributed by atoms with Crippen LogP contribution >= 0.6 is 0 Å². The first-order valence-electron chi connectivity index (χ1n) is 7.94. The molecule has 1 atom stereocenters. The Morgan fingerprint density at radius 3 is 2.35 bits per heavy atom. The Labute approximate surface area is 137 Å². The van der Waals surface area contributed by atoms with E-state index in [-0.39, 0.29) is 18.6 Å². The fourth-order valence-electron chi connectivity index (χ4n) is 2.37. The summed E-state index contributed by atoms with van der Waals surface area (Å²) in [6.45, 7) is 5.55. The number of aliphatic hydroxyl groups is 1. The molecule has 2 aromatic carbocycles. The van der Waals surface area contributed by atoms with Crippen molar-refractivity contribution in [3.05, 3.63) is 65.7 Å². The lowest BCUT2D eigenvalue weighted by Gasteiger charge is -2.23. The highest BCUT2D eigenvalue weighted by molar-refractivity contribution is 5.94. The third-order valence-corrected chi connectivity index (χ3v) is 3.74. The molecule has 4 nitrogen and oxygen atoms in total. The highest BCUT2D eigenvalue weighted by atomic mass is 16.3. The summed E-state index contributed by atoms with van der Waals surface area (Å²) in [5.41, 5.74) is 2.95. The molecule has 23 heavy (non-hydrogen) atoms. The molecule has 2 rings (SSSR count). The Bertz CT molecular complexity index is 611. The lowest BCUT2D eigenvalue weighted by atomic mass is 10.1. The number of carbonyl (C=O) groups excluding carboxylic acids is 1. The monoisotopic (exact) mass is 312 g/mol. The van der Waals surface area contributed by atoms with Crippen molar-refractivity contribution in [1.29, 1.82) is 0 Å². The van der Waals surface area contributed by atoms with Gasteiger partial charge in [-0.15, -0.1) is 0 Å². The molecule has 0 fully saturated rings. The first-order valence-corrected chi connectivity index (χ1v) is 7.94. The number of nitrogens with one attached hydrogen (secondary N) is 1. The standard InChI is InChI=1S/C19H24N2O2/c1-3-21(13-16-7-5-4-6-8-16)18-11-9-17(10-12-18)19(23)20-15(2)14-22/h4-12,15,22H,3,13-14H2,1-2H3,(H,20,23). The van der Waals surface area contributed by atoms with Crippen LogP contribution in [0.2, 0.25) is 0 Å². The zero-order valence-corrected chi connectivity index (χ0v) is 13.7. The molecule has 0 radical (unpaired) electrons. The third kappa shape index (κ3) is 4.83. The van der Waals surface area contributed by atoms with Crippen LogP contribution in [-0.4, -0.2) is 30.2 Å². The normalized spacial score (nSPS) is 11.8. The van der Waals surface area contributed by atoms with Gasteiger partial charge in [0, 0.05) is 30.4 Å². The fraction of sp³-hybridized carbons (Fsp3) is 0.316. The summed E-state index contributed by atoms with van der Waals surface area (Å²) in [7, 11) is 0. The van der Waals surface area contributed by atoms with Crippen LogP contribution in [-0.2, 0) is 6.54 Å². The molecule has 0 aliphatic rings. The molecule has 4 heteroatoms. The maximum Gasteiger partial charge on any atom is 0.251 e. The highest BCUT2D eigenvalue weighted by Crippen LogP contribution is 2.18. The minimum absolute atomic E-state index is 0.0650. The molecule has 1 amide bonds. The van der Waals surface area contributed by atoms with Gasteiger partial charge in [0.2, 0.25) is 0 Å². The Morgan fingerprint density at radius 1 is 1.13 bits per heavy atom. The lowest BCUT2D eigenvalue weighted by molar-refractivity contribution is 0.0922. The molecule has 0 aliphatic carbocycles. The van der Waals surface area contributed by atoms with Crippen LogP contribution in [0.25, 0.3) is 0 Å². The van der Waals surface area contributed by atoms with Gasteiger partial charge in [0.05, 0.1) is 6.61 Å². The van der Waals surface area contributed by atoms with Crippen LogP contribution in [0.5, 0.6) is 0 Å². The number of hydrogen-bond donors (Lipinski definition) is 2. The smallest absolute Gasteiger partial charge is 0.251 e. The van der Waals surface area contributed by atoms with Crippen molar-refractivity contribution < 1.29 is 9.90 Å². The van der Waals surface area contributed by atoms with Crippen molar-refractivity contribution in [3.63, 3.8) is 0 Å². The maximum absolute atomic E-state index is 12.0. The minimum Gasteiger partial charge on any atom is -0.394 e. The molecule has 0 saturated carbocycles. The van der Waals surface area contributed by atoms with Gasteiger partial charge < -0.3 is 15.3 Å². The van der Waals surface area contributed by atoms with Crippen LogP contribution in [0.3, 0.4) is 0 Å². The van der Waals surface area contributed by atoms with Gasteiger partial charge in [-0.05, 0) is 43.7 Å². The summed E-state index contributed by atoms with van der Waals surface area (Å²) in [4.78, 5) is 14.3. The van der Waals surface area contributed by atoms with Gasteiger partial charge in [-0.25, -0.2) is 0 Å². The van der Waals surface area contributed by atoms with Crippen molar-refractivity contribution in [2.75, 3.05) is 18.1 Å². The number of nitrogens with zero attached hydrogens (tertiary/aromatic N) is 1. The Balaban J connectivity index is 2.06. The average molecular weight is 312 g/mol. The topological polar surface area (TPSA) is 52.6 Å². The van der Waals surface area contributed by atoms with Gasteiger partial charge in [-0.1, -0.05) is 30.3 Å². The number of rotatable bonds is 7. The van der Waals surface area contributed by atoms with E-state index in [4.69, 9.17) is 5.11 Å². The molecule has 2 aromatic rings. The van der Waals surface area contributed by atoms with Crippen molar-refractivity contribution in [2.24, 2.45) is 0 Å². The molecule has 0 aliphatic heterocycles. The predicted octanol–water partition coefficient (Wildman–Crippen LogP) is 2.82. The summed E-state index contributed by atoms with van der Waals surface area (Å²) in [6.07, 6.45) is 0. The first kappa shape index (κ1) is 17.0. The maximum atomic E-state index is 12.0. The molecule has 0 saturated heterocycles. The van der Waals surface area contributed by atoms with Crippen molar-refractivity contribution in [1.82, 2.24) is 5.32 Å². The summed E-state index contributed by atoms with van der Waals surface area (Å²) in [5.74, 6) is -0.163. The minimum atomic E-state index is -0.243. The van der Waals surface area contributed by atoms with Crippen LogP contribution in [0.15, 0.2) is 54.6 Å². The van der Waals surface area contributed by atoms with Gasteiger partial charge in [0.1, 0.15) is 0 Å². The first-order chi connectivity index (χ1) is 11.1. The van der Waals surface area contributed by atoms with Gasteiger partial charge >= 0.3 is 0 Å². The number of hydrogen-bond acceptors (Lipinski definition) is 3. The van der Waals surface area contributed by atoms with E-state index in [9.17, 15) is 4.79 Å². The Hall–Kier alpha value is -2.33. The molecule has 0 bridgehead atoms.